The van der Waals surface area contributed by atoms with E-state index in [9.17, 15) is 55.2 Å². The van der Waals surface area contributed by atoms with E-state index in [1.54, 1.807) is 95.2 Å². The molecule has 4 saturated carbocycles. The summed E-state index contributed by atoms with van der Waals surface area (Å²) in [6.07, 6.45) is 13.5. The monoisotopic (exact) mass is 1930 g/mol. The van der Waals surface area contributed by atoms with Gasteiger partial charge in [0.2, 0.25) is 55.4 Å². The van der Waals surface area contributed by atoms with Crippen molar-refractivity contribution in [2.45, 2.75) is 276 Å². The van der Waals surface area contributed by atoms with Crippen LogP contribution >= 0.6 is 15.9 Å². The SMILES string of the molecule is C=CC1C[C@]1(NC(=O)[C@@H]1C[C@@H](Oc2nc(-c3ccco3)c(OC)c3ccccc23)CN1C(=O)[C@@H](NC(=O)OC(C)(C)C)C(C)(C)C)C(=O)NS(=O)(=O)C1CC1.C=CC1C[C@]1(NC(=O)[C@@H]1C[C@@H](Oc2nc(Br)c(OC)c3ccccc23)CN1C(=O)[C@@H](NC(=O)OC(C)(C)C)C(C)(C)C)C(=O)NS(=O)(=O)C1CC1.CCC[CH2][Sn]([CH2]CCC)([CH2]CCC)[c]1ccco1. The second-order valence-corrected chi connectivity index (χ2v) is 55.1. The first kappa shape index (κ1) is 97.2. The van der Waals surface area contributed by atoms with E-state index in [4.69, 9.17) is 42.2 Å². The average molecular weight is 1930 g/mol. The van der Waals surface area contributed by atoms with Crippen LogP contribution in [0.2, 0.25) is 13.3 Å². The van der Waals surface area contributed by atoms with Crippen LogP contribution in [0.3, 0.4) is 0 Å². The predicted octanol–water partition coefficient (Wildman–Crippen LogP) is 13.8. The standard InChI is InChI=1S/C39H49N5O10S.C35H46BrN5O9S.C4H3O.3C4H9.Sn/c1-9-22-20-39(22,35(47)43-55(49,50)24-16-17-24)42-32(45)27-19-23(21-44(27)34(46)31(37(2,3)4)41-36(48)54-38(5,6)7)53-33-26-14-11-10-13-25(26)30(51-8)29(40-33)28-15-12-18-52-28;1-9-19-17-35(19,31(44)40-51(46,47)21-14-15-21)39-28(42)24-16-20(49-29-23-13-11-10-12-22(23)25(48-8)27(36)38-29)18-41(24)30(43)26(33(2,3)4)37-32(45)50-34(5,6)7;1-2-4-5-3-1;3*1-3-4-2;/h9-15,18,22-24,27,31H,1,16-17,19-21H2,2-8H3,(H,41,48)(H,42,45)(H,43,47);9-13,19-21,24,26H,1,14-18H2,2-8H3,(H,37,45)(H,39,42)(H,40,44);1-3H;3*1,3-4H2,2H3;/t22?,23-,27+,31-,39-;19?,20-,24+,26-,35-;;;;;/m11...../s1. The Morgan fingerprint density at radius 1 is 0.556 bits per heavy atom. The number of hydrogen-bond acceptors (Lipinski definition) is 22. The third-order valence-electron chi connectivity index (χ3n) is 23.2. The van der Waals surface area contributed by atoms with Crippen LogP contribution in [0.25, 0.3) is 33.0 Å². The zero-order valence-corrected chi connectivity index (χ0v) is 80.6. The number of hydrogen-bond donors (Lipinski definition) is 6. The van der Waals surface area contributed by atoms with E-state index in [1.807, 2.05) is 54.8 Å². The Balaban J connectivity index is 0.000000217. The van der Waals surface area contributed by atoms with Gasteiger partial charge in [-0.05, 0) is 131 Å². The van der Waals surface area contributed by atoms with Crippen LogP contribution < -0.4 is 53.4 Å². The minimum atomic E-state index is -3.92. The topological polar surface area (TPSA) is 391 Å². The summed E-state index contributed by atoms with van der Waals surface area (Å²) in [4.78, 5) is 123. The average Bonchev–Trinajstić information content (AvgIpc) is 1.58. The molecule has 12 rings (SSSR count). The molecule has 30 nitrogen and oxygen atoms in total. The number of ether oxygens (including phenoxy) is 6. The summed E-state index contributed by atoms with van der Waals surface area (Å²) in [5.74, 6) is -3.47. The molecule has 10 atom stereocenters. The first-order chi connectivity index (χ1) is 58.3. The quantitative estimate of drug-likeness (QED) is 0.0127. The van der Waals surface area contributed by atoms with Gasteiger partial charge in [-0.25, -0.2) is 36.4 Å². The summed E-state index contributed by atoms with van der Waals surface area (Å²) in [5.41, 5.74) is -6.11. The van der Waals surface area contributed by atoms with Gasteiger partial charge in [0.15, 0.2) is 27.6 Å². The van der Waals surface area contributed by atoms with Crippen LogP contribution in [-0.4, -0.2) is 199 Å². The number of methoxy groups -OCH3 is 2. The van der Waals surface area contributed by atoms with Gasteiger partial charge in [-0.3, -0.25) is 38.2 Å². The molecule has 0 spiro atoms. The van der Waals surface area contributed by atoms with Crippen molar-refractivity contribution in [3.05, 3.63) is 115 Å². The number of fused-ring (bicyclic) bond motifs is 2. The number of nitrogens with one attached hydrogen (secondary N) is 6. The van der Waals surface area contributed by atoms with Crippen molar-refractivity contribution in [1.29, 1.82) is 0 Å². The van der Waals surface area contributed by atoms with Crippen molar-refractivity contribution in [1.82, 2.24) is 50.5 Å². The number of benzene rings is 2. The number of alkyl carbamates (subject to hydrolysis) is 2. The minimum absolute atomic E-state index is 0.00262. The number of nitrogens with zero attached hydrogens (tertiary/aromatic N) is 4. The molecule has 6 heterocycles. The Bertz CT molecular complexity index is 5090. The molecule has 2 unspecified atom stereocenters. The molecule has 2 saturated heterocycles. The first-order valence-corrected chi connectivity index (χ1v) is 54.2. The van der Waals surface area contributed by atoms with E-state index in [0.717, 1.165) is 5.39 Å². The number of rotatable bonds is 33. The Kier molecular flexibility index (Phi) is 31.0. The number of carbonyl (C=O) groups excluding carboxylic acids is 8. The van der Waals surface area contributed by atoms with Crippen molar-refractivity contribution in [2.75, 3.05) is 27.3 Å². The fourth-order valence-corrected chi connectivity index (χ4v) is 34.5. The summed E-state index contributed by atoms with van der Waals surface area (Å²) in [6, 6.07) is 17.9. The second kappa shape index (κ2) is 39.5. The van der Waals surface area contributed by atoms with E-state index < -0.39 is 178 Å². The van der Waals surface area contributed by atoms with Crippen molar-refractivity contribution >= 4 is 127 Å². The van der Waals surface area contributed by atoms with Crippen LogP contribution in [0, 0.1) is 22.7 Å². The Morgan fingerprint density at radius 3 is 1.28 bits per heavy atom. The number of halogens is 1. The van der Waals surface area contributed by atoms with Crippen molar-refractivity contribution in [2.24, 2.45) is 22.7 Å². The molecule has 0 bridgehead atoms. The summed E-state index contributed by atoms with van der Waals surface area (Å²) in [6.45, 7) is 35.2. The molecule has 6 fully saturated rings. The fraction of sp³-hybridized carbons (Fsp3) is 0.578. The zero-order chi connectivity index (χ0) is 91.0. The molecular formula is C90H125BrN10O20S2Sn. The number of amides is 8. The van der Waals surface area contributed by atoms with Gasteiger partial charge < -0.3 is 63.9 Å². The van der Waals surface area contributed by atoms with Gasteiger partial charge >= 0.3 is 130 Å². The first-order valence-electron chi connectivity index (χ1n) is 42.9. The molecule has 8 amide bonds. The number of pyridine rings is 2. The molecule has 6 aromatic rings. The molecule has 6 N–H and O–H groups in total. The van der Waals surface area contributed by atoms with Gasteiger partial charge in [0.05, 0.1) is 44.1 Å². The van der Waals surface area contributed by atoms with Gasteiger partial charge in [-0.1, -0.05) is 90.1 Å². The van der Waals surface area contributed by atoms with Crippen molar-refractivity contribution in [3.63, 3.8) is 0 Å². The van der Waals surface area contributed by atoms with E-state index in [-0.39, 0.29) is 50.5 Å². The summed E-state index contributed by atoms with van der Waals surface area (Å²) in [7, 11) is -4.77. The molecule has 4 aromatic heterocycles. The van der Waals surface area contributed by atoms with Gasteiger partial charge in [0.1, 0.15) is 58.7 Å². The van der Waals surface area contributed by atoms with Gasteiger partial charge in [0, 0.05) is 46.2 Å². The molecule has 124 heavy (non-hydrogen) atoms. The Hall–Kier alpha value is -8.96. The zero-order valence-electron chi connectivity index (χ0n) is 74.5. The predicted molar refractivity (Wildman–Crippen MR) is 478 cm³/mol. The molecule has 6 aliphatic rings. The molecular weight excluding hydrogens is 1800 g/mol. The molecule has 2 aliphatic heterocycles. The molecule has 34 heteroatoms. The van der Waals surface area contributed by atoms with Crippen molar-refractivity contribution < 1.29 is 92.4 Å². The van der Waals surface area contributed by atoms with Crippen LogP contribution in [-0.2, 0) is 58.3 Å². The van der Waals surface area contributed by atoms with Gasteiger partial charge in [-0.2, -0.15) is 0 Å². The summed E-state index contributed by atoms with van der Waals surface area (Å²) >= 11 is 1.25. The normalized spacial score (nSPS) is 21.8. The van der Waals surface area contributed by atoms with Crippen LogP contribution in [0.1, 0.15) is 194 Å². The van der Waals surface area contributed by atoms with E-state index in [0.29, 0.717) is 69.4 Å². The fourth-order valence-electron chi connectivity index (χ4n) is 16.0. The number of unbranched alkanes of at least 4 members (excludes halogenated alkanes) is 3. The summed E-state index contributed by atoms with van der Waals surface area (Å²) < 4.78 is 108. The number of likely N-dealkylation sites (tertiary alicyclic amines) is 2. The van der Waals surface area contributed by atoms with Crippen LogP contribution in [0.15, 0.2) is 124 Å². The van der Waals surface area contributed by atoms with E-state index in [1.165, 1.54) is 98.0 Å². The third kappa shape index (κ3) is 23.4. The number of sulfonamides is 2. The maximum absolute atomic E-state index is 14.6. The van der Waals surface area contributed by atoms with E-state index >= 15 is 0 Å². The maximum atomic E-state index is 14.6. The Morgan fingerprint density at radius 2 is 0.944 bits per heavy atom. The van der Waals surface area contributed by atoms with Gasteiger partial charge in [-0.15, -0.1) is 13.2 Å². The molecule has 678 valence electrons. The number of aromatic nitrogens is 2. The van der Waals surface area contributed by atoms with E-state index in [2.05, 4.69) is 97.7 Å². The Labute approximate surface area is 741 Å². The second-order valence-electron chi connectivity index (χ2n) is 37.4. The van der Waals surface area contributed by atoms with Gasteiger partial charge in [0.25, 0.3) is 11.8 Å². The van der Waals surface area contributed by atoms with Crippen molar-refractivity contribution in [3.8, 4) is 34.7 Å². The molecule has 2 aromatic carbocycles. The van der Waals surface area contributed by atoms with Crippen LogP contribution in [0.4, 0.5) is 9.59 Å². The third-order valence-corrected chi connectivity index (χ3v) is 42.3. The number of furan rings is 2. The summed E-state index contributed by atoms with van der Waals surface area (Å²) in [5, 5.41) is 12.3. The number of carbonyl (C=O) groups is 8. The molecule has 4 aliphatic carbocycles. The molecule has 0 radical (unpaired) electrons. The van der Waals surface area contributed by atoms with Crippen LogP contribution in [0.5, 0.6) is 23.3 Å².